The van der Waals surface area contributed by atoms with Crippen LogP contribution in [0.4, 0.5) is 0 Å². The van der Waals surface area contributed by atoms with Gasteiger partial charge in [0.05, 0.1) is 12.1 Å². The molecule has 0 heterocycles. The molecule has 3 nitrogen and oxygen atoms in total. The topological polar surface area (TPSA) is 49.3 Å². The Balaban J connectivity index is 1.73. The van der Waals surface area contributed by atoms with Crippen LogP contribution in [-0.4, -0.2) is 17.1 Å². The summed E-state index contributed by atoms with van der Waals surface area (Å²) in [6, 6.07) is 16.7. The molecule has 1 aliphatic rings. The molecule has 0 bridgehead atoms. The number of benzene rings is 2. The lowest BCUT2D eigenvalue weighted by molar-refractivity contribution is -0.117. The molecule has 0 aliphatic heterocycles. The summed E-state index contributed by atoms with van der Waals surface area (Å²) in [6.45, 7) is 0. The molecule has 1 aliphatic carbocycles. The van der Waals surface area contributed by atoms with Gasteiger partial charge in [-0.05, 0) is 23.3 Å². The van der Waals surface area contributed by atoms with E-state index in [9.17, 15) is 9.90 Å². The molecule has 3 heteroatoms. The van der Waals surface area contributed by atoms with Gasteiger partial charge in [-0.1, -0.05) is 48.4 Å². The summed E-state index contributed by atoms with van der Waals surface area (Å²) in [5, 5.41) is 12.9. The van der Waals surface area contributed by atoms with Crippen LogP contribution in [0, 0.1) is 11.8 Å². The lowest BCUT2D eigenvalue weighted by Gasteiger charge is -2.15. The molecule has 0 saturated carbocycles. The summed E-state index contributed by atoms with van der Waals surface area (Å²) in [5.74, 6) is 5.00. The molecule has 2 N–H and O–H groups in total. The van der Waals surface area contributed by atoms with E-state index in [1.165, 1.54) is 0 Å². The van der Waals surface area contributed by atoms with Crippen LogP contribution in [-0.2, 0) is 11.2 Å². The molecule has 2 atom stereocenters. The molecule has 0 saturated heterocycles. The van der Waals surface area contributed by atoms with E-state index in [2.05, 4.69) is 17.2 Å². The summed E-state index contributed by atoms with van der Waals surface area (Å²) < 4.78 is 0. The van der Waals surface area contributed by atoms with E-state index >= 15 is 0 Å². The first-order chi connectivity index (χ1) is 10.2. The Morgan fingerprint density at radius 3 is 2.62 bits per heavy atom. The molecular formula is C18H15NO2. The van der Waals surface area contributed by atoms with Crippen LogP contribution >= 0.6 is 0 Å². The van der Waals surface area contributed by atoms with Crippen LogP contribution in [0.1, 0.15) is 22.7 Å². The van der Waals surface area contributed by atoms with E-state index in [4.69, 9.17) is 0 Å². The van der Waals surface area contributed by atoms with E-state index < -0.39 is 6.10 Å². The third kappa shape index (κ3) is 2.96. The maximum atomic E-state index is 11.9. The molecule has 1 amide bonds. The number of carbonyl (C=O) groups is 1. The Hall–Kier alpha value is -2.57. The zero-order valence-electron chi connectivity index (χ0n) is 11.4. The standard InChI is InChI=1S/C18H15NO2/c20-16-12-14-8-4-5-9-15(14)18(16)19-17(21)11-10-13-6-2-1-3-7-13/h1-9,16,18,20H,12H2,(H,19,21)/t16-,18+/m0/s1. The van der Waals surface area contributed by atoms with E-state index in [1.54, 1.807) is 0 Å². The van der Waals surface area contributed by atoms with E-state index in [-0.39, 0.29) is 11.9 Å². The van der Waals surface area contributed by atoms with Gasteiger partial charge in [0.1, 0.15) is 0 Å². The number of hydrogen-bond acceptors (Lipinski definition) is 2. The molecule has 104 valence electrons. The van der Waals surface area contributed by atoms with Crippen molar-refractivity contribution in [2.75, 3.05) is 0 Å². The fourth-order valence-electron chi connectivity index (χ4n) is 2.58. The van der Waals surface area contributed by atoms with Crippen molar-refractivity contribution in [3.8, 4) is 11.8 Å². The highest BCUT2D eigenvalue weighted by molar-refractivity contribution is 5.94. The Labute approximate surface area is 123 Å². The largest absolute Gasteiger partial charge is 0.390 e. The van der Waals surface area contributed by atoms with E-state index in [1.807, 2.05) is 54.6 Å². The smallest absolute Gasteiger partial charge is 0.296 e. The van der Waals surface area contributed by atoms with Crippen LogP contribution in [0.25, 0.3) is 0 Å². The van der Waals surface area contributed by atoms with Crippen LogP contribution in [0.2, 0.25) is 0 Å². The molecule has 2 aromatic rings. The monoisotopic (exact) mass is 277 g/mol. The van der Waals surface area contributed by atoms with Crippen molar-refractivity contribution >= 4 is 5.91 Å². The first-order valence-corrected chi connectivity index (χ1v) is 6.87. The number of rotatable bonds is 1. The van der Waals surface area contributed by atoms with Crippen molar-refractivity contribution in [2.45, 2.75) is 18.6 Å². The molecule has 0 spiro atoms. The van der Waals surface area contributed by atoms with Crippen molar-refractivity contribution in [3.63, 3.8) is 0 Å². The highest BCUT2D eigenvalue weighted by Crippen LogP contribution is 2.30. The lowest BCUT2D eigenvalue weighted by atomic mass is 10.1. The molecule has 0 radical (unpaired) electrons. The van der Waals surface area contributed by atoms with Gasteiger partial charge in [0.25, 0.3) is 5.91 Å². The zero-order chi connectivity index (χ0) is 14.7. The first-order valence-electron chi connectivity index (χ1n) is 6.87. The Morgan fingerprint density at radius 1 is 1.10 bits per heavy atom. The van der Waals surface area contributed by atoms with Crippen molar-refractivity contribution in [3.05, 3.63) is 71.3 Å². The Morgan fingerprint density at radius 2 is 1.81 bits per heavy atom. The number of carbonyl (C=O) groups excluding carboxylic acids is 1. The molecule has 0 aromatic heterocycles. The molecule has 21 heavy (non-hydrogen) atoms. The molecule has 0 fully saturated rings. The molecule has 3 rings (SSSR count). The highest BCUT2D eigenvalue weighted by Gasteiger charge is 2.31. The van der Waals surface area contributed by atoms with Gasteiger partial charge in [-0.3, -0.25) is 4.79 Å². The second kappa shape index (κ2) is 5.82. The fraction of sp³-hybridized carbons (Fsp3) is 0.167. The van der Waals surface area contributed by atoms with Crippen molar-refractivity contribution in [1.82, 2.24) is 5.32 Å². The Kier molecular flexibility index (Phi) is 3.72. The average Bonchev–Trinajstić information content (AvgIpc) is 2.82. The maximum Gasteiger partial charge on any atom is 0.296 e. The number of amides is 1. The van der Waals surface area contributed by atoms with Gasteiger partial charge >= 0.3 is 0 Å². The minimum atomic E-state index is -0.593. The SMILES string of the molecule is O=C(C#Cc1ccccc1)N[C@@H]1c2ccccc2C[C@@H]1O. The number of hydrogen-bond donors (Lipinski definition) is 2. The second-order valence-corrected chi connectivity index (χ2v) is 5.04. The fourth-order valence-corrected chi connectivity index (χ4v) is 2.58. The first kappa shape index (κ1) is 13.4. The van der Waals surface area contributed by atoms with Crippen LogP contribution in [0.3, 0.4) is 0 Å². The number of aliphatic hydroxyl groups excluding tert-OH is 1. The summed E-state index contributed by atoms with van der Waals surface area (Å²) in [6.07, 6.45) is -0.0300. The zero-order valence-corrected chi connectivity index (χ0v) is 11.4. The summed E-state index contributed by atoms with van der Waals surface area (Å²) in [4.78, 5) is 11.9. The van der Waals surface area contributed by atoms with Gasteiger partial charge in [0.2, 0.25) is 0 Å². The van der Waals surface area contributed by atoms with E-state index in [0.29, 0.717) is 6.42 Å². The average molecular weight is 277 g/mol. The van der Waals surface area contributed by atoms with E-state index in [0.717, 1.165) is 16.7 Å². The van der Waals surface area contributed by atoms with Gasteiger partial charge in [-0.2, -0.15) is 0 Å². The maximum absolute atomic E-state index is 11.9. The van der Waals surface area contributed by atoms with Crippen LogP contribution in [0.15, 0.2) is 54.6 Å². The quantitative estimate of drug-likeness (QED) is 0.781. The van der Waals surface area contributed by atoms with Crippen LogP contribution < -0.4 is 5.32 Å². The summed E-state index contributed by atoms with van der Waals surface area (Å²) in [5.41, 5.74) is 2.84. The molecular weight excluding hydrogens is 262 g/mol. The van der Waals surface area contributed by atoms with Gasteiger partial charge in [-0.25, -0.2) is 0 Å². The normalized spacial score (nSPS) is 19.3. The highest BCUT2D eigenvalue weighted by atomic mass is 16.3. The van der Waals surface area contributed by atoms with Gasteiger partial charge in [0.15, 0.2) is 0 Å². The van der Waals surface area contributed by atoms with Crippen molar-refractivity contribution < 1.29 is 9.90 Å². The number of aliphatic hydroxyl groups is 1. The Bertz CT molecular complexity index is 713. The third-order valence-corrected chi connectivity index (χ3v) is 3.58. The number of nitrogens with one attached hydrogen (secondary N) is 1. The van der Waals surface area contributed by atoms with Gasteiger partial charge in [0, 0.05) is 17.9 Å². The predicted octanol–water partition coefficient (Wildman–Crippen LogP) is 1.81. The minimum Gasteiger partial charge on any atom is -0.390 e. The summed E-state index contributed by atoms with van der Waals surface area (Å²) >= 11 is 0. The minimum absolute atomic E-state index is 0.375. The van der Waals surface area contributed by atoms with Gasteiger partial charge < -0.3 is 10.4 Å². The third-order valence-electron chi connectivity index (χ3n) is 3.58. The summed E-state index contributed by atoms with van der Waals surface area (Å²) in [7, 11) is 0. The number of fused-ring (bicyclic) bond motifs is 1. The molecule has 0 unspecified atom stereocenters. The van der Waals surface area contributed by atoms with Crippen LogP contribution in [0.5, 0.6) is 0 Å². The predicted molar refractivity (Wildman–Crippen MR) is 80.4 cm³/mol. The second-order valence-electron chi connectivity index (χ2n) is 5.04. The van der Waals surface area contributed by atoms with Gasteiger partial charge in [-0.15, -0.1) is 0 Å². The lowest BCUT2D eigenvalue weighted by Crippen LogP contribution is -2.32. The van der Waals surface area contributed by atoms with Crippen molar-refractivity contribution in [1.29, 1.82) is 0 Å². The molecule has 2 aromatic carbocycles. The van der Waals surface area contributed by atoms with Crippen molar-refractivity contribution in [2.24, 2.45) is 0 Å².